The van der Waals surface area contributed by atoms with Crippen LogP contribution in [0.2, 0.25) is 0 Å². The van der Waals surface area contributed by atoms with Crippen molar-refractivity contribution < 1.29 is 17.9 Å². The molecule has 8 heteroatoms. The van der Waals surface area contributed by atoms with E-state index in [1.165, 1.54) is 12.8 Å². The average molecular weight is 324 g/mol. The van der Waals surface area contributed by atoms with Crippen LogP contribution in [-0.4, -0.2) is 69.5 Å². The number of likely N-dealkylation sites (tertiary alicyclic amines) is 1. The monoisotopic (exact) mass is 324 g/mol. The van der Waals surface area contributed by atoms with E-state index in [-0.39, 0.29) is 6.61 Å². The molecule has 5 nitrogen and oxygen atoms in total. The van der Waals surface area contributed by atoms with Gasteiger partial charge < -0.3 is 15.4 Å². The maximum absolute atomic E-state index is 11.9. The molecule has 1 atom stereocenters. The first-order valence-electron chi connectivity index (χ1n) is 7.79. The van der Waals surface area contributed by atoms with Crippen LogP contribution >= 0.6 is 0 Å². The molecule has 0 aromatic heterocycles. The quantitative estimate of drug-likeness (QED) is 0.405. The largest absolute Gasteiger partial charge is 0.411 e. The number of likely N-dealkylation sites (N-methyl/N-ethyl adjacent to an activating group) is 1. The van der Waals surface area contributed by atoms with Gasteiger partial charge in [0.15, 0.2) is 5.96 Å². The molecule has 0 radical (unpaired) electrons. The number of guanidine groups is 1. The summed E-state index contributed by atoms with van der Waals surface area (Å²) in [7, 11) is 1.68. The molecule has 1 unspecified atom stereocenters. The summed E-state index contributed by atoms with van der Waals surface area (Å²) in [6, 6.07) is 0.527. The third-order valence-corrected chi connectivity index (χ3v) is 3.66. The van der Waals surface area contributed by atoms with Crippen LogP contribution in [0.5, 0.6) is 0 Å². The smallest absolute Gasteiger partial charge is 0.372 e. The fraction of sp³-hybridized carbons (Fsp3) is 0.929. The van der Waals surface area contributed by atoms with Crippen LogP contribution in [0.3, 0.4) is 0 Å². The van der Waals surface area contributed by atoms with Crippen molar-refractivity contribution in [1.29, 1.82) is 0 Å². The molecule has 1 aliphatic rings. The minimum atomic E-state index is -4.25. The summed E-state index contributed by atoms with van der Waals surface area (Å²) >= 11 is 0. The molecule has 2 N–H and O–H groups in total. The highest BCUT2D eigenvalue weighted by atomic mass is 19.4. The van der Waals surface area contributed by atoms with Crippen LogP contribution in [0.15, 0.2) is 4.99 Å². The van der Waals surface area contributed by atoms with Crippen LogP contribution < -0.4 is 10.6 Å². The topological polar surface area (TPSA) is 48.9 Å². The lowest BCUT2D eigenvalue weighted by Crippen LogP contribution is -2.45. The van der Waals surface area contributed by atoms with E-state index in [0.29, 0.717) is 25.0 Å². The Bertz CT molecular complexity index is 337. The maximum Gasteiger partial charge on any atom is 0.411 e. The first kappa shape index (κ1) is 19.0. The number of ether oxygens (including phenoxy) is 1. The van der Waals surface area contributed by atoms with E-state index >= 15 is 0 Å². The molecule has 0 aromatic carbocycles. The molecular formula is C14H27F3N4O. The molecule has 1 fully saturated rings. The van der Waals surface area contributed by atoms with Crippen LogP contribution in [0.25, 0.3) is 0 Å². The van der Waals surface area contributed by atoms with Gasteiger partial charge in [-0.3, -0.25) is 9.89 Å². The number of hydrogen-bond acceptors (Lipinski definition) is 3. The Morgan fingerprint density at radius 3 is 2.77 bits per heavy atom. The van der Waals surface area contributed by atoms with Gasteiger partial charge in [0.25, 0.3) is 0 Å². The van der Waals surface area contributed by atoms with E-state index in [9.17, 15) is 13.2 Å². The van der Waals surface area contributed by atoms with Crippen LogP contribution in [0.1, 0.15) is 26.2 Å². The number of halogens is 3. The molecule has 1 saturated heterocycles. The lowest BCUT2D eigenvalue weighted by molar-refractivity contribution is -0.173. The van der Waals surface area contributed by atoms with Gasteiger partial charge in [-0.05, 0) is 32.4 Å². The SMILES string of the molecule is CCN1CCCC1CNC(=NC)NCCCOCC(F)(F)F. The number of aliphatic imine (C=N–C) groups is 1. The predicted molar refractivity (Wildman–Crippen MR) is 81.1 cm³/mol. The minimum Gasteiger partial charge on any atom is -0.372 e. The Balaban J connectivity index is 2.10. The highest BCUT2D eigenvalue weighted by molar-refractivity contribution is 5.79. The number of nitrogens with zero attached hydrogens (tertiary/aromatic N) is 2. The summed E-state index contributed by atoms with van der Waals surface area (Å²) in [6.45, 7) is 4.61. The van der Waals surface area contributed by atoms with E-state index in [4.69, 9.17) is 0 Å². The molecular weight excluding hydrogens is 297 g/mol. The molecule has 0 aliphatic carbocycles. The molecule has 130 valence electrons. The molecule has 0 saturated carbocycles. The van der Waals surface area contributed by atoms with Gasteiger partial charge in [0.05, 0.1) is 0 Å². The van der Waals surface area contributed by atoms with Gasteiger partial charge in [-0.25, -0.2) is 0 Å². The van der Waals surface area contributed by atoms with Gasteiger partial charge in [0.2, 0.25) is 0 Å². The zero-order chi connectivity index (χ0) is 16.4. The summed E-state index contributed by atoms with van der Waals surface area (Å²) in [6.07, 6.45) is -1.34. The number of rotatable bonds is 8. The molecule has 1 heterocycles. The van der Waals surface area contributed by atoms with Crippen molar-refractivity contribution in [3.05, 3.63) is 0 Å². The zero-order valence-electron chi connectivity index (χ0n) is 13.4. The third-order valence-electron chi connectivity index (χ3n) is 3.66. The average Bonchev–Trinajstić information content (AvgIpc) is 2.92. The summed E-state index contributed by atoms with van der Waals surface area (Å²) in [4.78, 5) is 6.55. The maximum atomic E-state index is 11.9. The van der Waals surface area contributed by atoms with Gasteiger partial charge in [-0.1, -0.05) is 6.92 Å². The van der Waals surface area contributed by atoms with Gasteiger partial charge in [-0.2, -0.15) is 13.2 Å². The fourth-order valence-electron chi connectivity index (χ4n) is 2.55. The van der Waals surface area contributed by atoms with Crippen molar-refractivity contribution in [3.63, 3.8) is 0 Å². The van der Waals surface area contributed by atoms with Crippen molar-refractivity contribution in [2.45, 2.75) is 38.4 Å². The van der Waals surface area contributed by atoms with Crippen molar-refractivity contribution in [1.82, 2.24) is 15.5 Å². The second-order valence-electron chi connectivity index (χ2n) is 5.33. The lowest BCUT2D eigenvalue weighted by Gasteiger charge is -2.24. The molecule has 0 spiro atoms. The van der Waals surface area contributed by atoms with E-state index in [1.807, 2.05) is 0 Å². The van der Waals surface area contributed by atoms with Crippen molar-refractivity contribution in [3.8, 4) is 0 Å². The standard InChI is InChI=1S/C14H27F3N4O/c1-3-21-8-4-6-12(21)10-20-13(18-2)19-7-5-9-22-11-14(15,16)17/h12H,3-11H2,1-2H3,(H2,18,19,20). The molecule has 0 amide bonds. The van der Waals surface area contributed by atoms with Gasteiger partial charge in [-0.15, -0.1) is 0 Å². The summed E-state index contributed by atoms with van der Waals surface area (Å²) in [5.41, 5.74) is 0. The van der Waals surface area contributed by atoms with Crippen LogP contribution in [0.4, 0.5) is 13.2 Å². The van der Waals surface area contributed by atoms with Crippen molar-refractivity contribution >= 4 is 5.96 Å². The Labute approximate surface area is 130 Å². The third kappa shape index (κ3) is 7.84. The molecule has 1 aliphatic heterocycles. The Kier molecular flexibility index (Phi) is 8.55. The van der Waals surface area contributed by atoms with E-state index < -0.39 is 12.8 Å². The second kappa shape index (κ2) is 9.89. The summed E-state index contributed by atoms with van der Waals surface area (Å²) in [5.74, 6) is 0.679. The lowest BCUT2D eigenvalue weighted by atomic mass is 10.2. The summed E-state index contributed by atoms with van der Waals surface area (Å²) in [5, 5.41) is 6.35. The zero-order valence-corrected chi connectivity index (χ0v) is 13.4. The Hall–Kier alpha value is -1.02. The highest BCUT2D eigenvalue weighted by Crippen LogP contribution is 2.15. The highest BCUT2D eigenvalue weighted by Gasteiger charge is 2.27. The van der Waals surface area contributed by atoms with E-state index in [1.54, 1.807) is 7.05 Å². The van der Waals surface area contributed by atoms with Crippen molar-refractivity contribution in [2.24, 2.45) is 4.99 Å². The van der Waals surface area contributed by atoms with Gasteiger partial charge in [0, 0.05) is 32.8 Å². The molecule has 1 rings (SSSR count). The van der Waals surface area contributed by atoms with Gasteiger partial charge in [0.1, 0.15) is 6.61 Å². The van der Waals surface area contributed by atoms with Crippen LogP contribution in [-0.2, 0) is 4.74 Å². The second-order valence-corrected chi connectivity index (χ2v) is 5.33. The summed E-state index contributed by atoms with van der Waals surface area (Å²) < 4.78 is 40.2. The van der Waals surface area contributed by atoms with Crippen LogP contribution in [0, 0.1) is 0 Å². The van der Waals surface area contributed by atoms with Gasteiger partial charge >= 0.3 is 6.18 Å². The first-order valence-corrected chi connectivity index (χ1v) is 7.79. The first-order chi connectivity index (χ1) is 10.5. The fourth-order valence-corrected chi connectivity index (χ4v) is 2.55. The molecule has 22 heavy (non-hydrogen) atoms. The van der Waals surface area contributed by atoms with E-state index in [2.05, 4.69) is 32.2 Å². The number of alkyl halides is 3. The minimum absolute atomic E-state index is 0.0791. The Morgan fingerprint density at radius 2 is 2.14 bits per heavy atom. The Morgan fingerprint density at radius 1 is 1.36 bits per heavy atom. The molecule has 0 bridgehead atoms. The number of hydrogen-bond donors (Lipinski definition) is 2. The van der Waals surface area contributed by atoms with Crippen molar-refractivity contribution in [2.75, 3.05) is 46.4 Å². The van der Waals surface area contributed by atoms with E-state index in [0.717, 1.165) is 19.6 Å². The normalized spacial score (nSPS) is 20.4. The molecule has 0 aromatic rings. The number of nitrogens with one attached hydrogen (secondary N) is 2. The predicted octanol–water partition coefficient (Wildman–Crippen LogP) is 1.60.